The van der Waals surface area contributed by atoms with Crippen LogP contribution < -0.4 is 0 Å². The van der Waals surface area contributed by atoms with Crippen molar-refractivity contribution in [2.45, 2.75) is 49.5 Å². The Labute approximate surface area is 138 Å². The van der Waals surface area contributed by atoms with E-state index in [0.29, 0.717) is 24.4 Å². The zero-order chi connectivity index (χ0) is 16.7. The molecule has 2 fully saturated rings. The lowest BCUT2D eigenvalue weighted by molar-refractivity contribution is -0.141. The number of piperidine rings is 2. The molecule has 23 heavy (non-hydrogen) atoms. The molecule has 6 heteroatoms. The van der Waals surface area contributed by atoms with Gasteiger partial charge in [-0.25, -0.2) is 8.42 Å². The minimum absolute atomic E-state index is 0.130. The van der Waals surface area contributed by atoms with Crippen LogP contribution in [0.1, 0.15) is 37.7 Å². The predicted molar refractivity (Wildman–Crippen MR) is 88.5 cm³/mol. The van der Waals surface area contributed by atoms with Gasteiger partial charge in [-0.1, -0.05) is 17.7 Å². The molecule has 2 aliphatic rings. The lowest BCUT2D eigenvalue weighted by Gasteiger charge is -2.50. The number of carbonyl (C=O) groups excluding carboxylic acids is 1. The second-order valence-electron chi connectivity index (χ2n) is 6.79. The van der Waals surface area contributed by atoms with Crippen molar-refractivity contribution in [1.29, 1.82) is 0 Å². The Bertz CT molecular complexity index is 695. The first-order valence-corrected chi connectivity index (χ1v) is 9.63. The van der Waals surface area contributed by atoms with E-state index in [-0.39, 0.29) is 11.4 Å². The van der Waals surface area contributed by atoms with Gasteiger partial charge in [-0.2, -0.15) is 4.31 Å². The van der Waals surface area contributed by atoms with Crippen LogP contribution >= 0.6 is 0 Å². The molecule has 1 atom stereocenters. The van der Waals surface area contributed by atoms with Crippen molar-refractivity contribution in [2.75, 3.05) is 20.1 Å². The molecule has 0 radical (unpaired) electrons. The minimum atomic E-state index is -3.50. The van der Waals surface area contributed by atoms with Gasteiger partial charge in [0, 0.05) is 26.6 Å². The summed E-state index contributed by atoms with van der Waals surface area (Å²) in [6.07, 6.45) is 3.98. The highest BCUT2D eigenvalue weighted by Crippen LogP contribution is 2.37. The third-order valence-electron chi connectivity index (χ3n) is 5.30. The Morgan fingerprint density at radius 3 is 2.43 bits per heavy atom. The molecule has 0 aliphatic carbocycles. The summed E-state index contributed by atoms with van der Waals surface area (Å²) in [5, 5.41) is 0. The third-order valence-corrected chi connectivity index (χ3v) is 7.16. The van der Waals surface area contributed by atoms with E-state index in [1.165, 1.54) is 0 Å². The monoisotopic (exact) mass is 336 g/mol. The van der Waals surface area contributed by atoms with E-state index >= 15 is 0 Å². The van der Waals surface area contributed by atoms with Crippen LogP contribution in [0, 0.1) is 6.92 Å². The van der Waals surface area contributed by atoms with Crippen molar-refractivity contribution in [3.8, 4) is 0 Å². The van der Waals surface area contributed by atoms with Gasteiger partial charge in [-0.15, -0.1) is 0 Å². The van der Waals surface area contributed by atoms with E-state index in [2.05, 4.69) is 0 Å². The zero-order valence-electron chi connectivity index (χ0n) is 13.8. The number of amides is 1. The number of rotatable bonds is 2. The maximum atomic E-state index is 12.9. The van der Waals surface area contributed by atoms with Crippen molar-refractivity contribution in [3.63, 3.8) is 0 Å². The number of benzene rings is 1. The number of hydrogen-bond donors (Lipinski definition) is 0. The molecular weight excluding hydrogens is 312 g/mol. The highest BCUT2D eigenvalue weighted by molar-refractivity contribution is 7.89. The fraction of sp³-hybridized carbons (Fsp3) is 0.588. The van der Waals surface area contributed by atoms with E-state index < -0.39 is 10.0 Å². The van der Waals surface area contributed by atoms with Gasteiger partial charge >= 0.3 is 0 Å². The topological polar surface area (TPSA) is 57.7 Å². The molecule has 2 aliphatic heterocycles. The largest absolute Gasteiger partial charge is 0.339 e. The van der Waals surface area contributed by atoms with Crippen LogP contribution in [0.4, 0.5) is 0 Å². The second-order valence-corrected chi connectivity index (χ2v) is 8.72. The zero-order valence-corrected chi connectivity index (χ0v) is 14.6. The normalized spacial score (nSPS) is 26.7. The Hall–Kier alpha value is -1.40. The maximum absolute atomic E-state index is 12.9. The Balaban J connectivity index is 1.88. The Morgan fingerprint density at radius 1 is 1.09 bits per heavy atom. The summed E-state index contributed by atoms with van der Waals surface area (Å²) in [6, 6.07) is 6.98. The van der Waals surface area contributed by atoms with E-state index in [0.717, 1.165) is 31.2 Å². The molecule has 0 N–H and O–H groups in total. The quantitative estimate of drug-likeness (QED) is 0.831. The summed E-state index contributed by atoms with van der Waals surface area (Å²) in [4.78, 5) is 14.2. The molecule has 1 aromatic carbocycles. The highest BCUT2D eigenvalue weighted by Gasteiger charge is 2.45. The van der Waals surface area contributed by atoms with Crippen molar-refractivity contribution in [1.82, 2.24) is 9.21 Å². The van der Waals surface area contributed by atoms with E-state index in [1.54, 1.807) is 21.3 Å². The molecular formula is C17H24N2O3S. The van der Waals surface area contributed by atoms with Crippen molar-refractivity contribution < 1.29 is 13.2 Å². The molecule has 1 spiro atoms. The van der Waals surface area contributed by atoms with E-state index in [9.17, 15) is 13.2 Å². The fourth-order valence-corrected chi connectivity index (χ4v) is 5.34. The molecule has 0 bridgehead atoms. The molecule has 2 heterocycles. The van der Waals surface area contributed by atoms with E-state index in [4.69, 9.17) is 0 Å². The molecule has 0 saturated carbocycles. The standard InChI is InChI=1S/C17H24N2O3S/c1-14-6-8-15(9-7-14)23(21,22)19-12-4-11-17(13-19)10-3-5-16(20)18(17)2/h6-9H,3-5,10-13H2,1-2H3. The smallest absolute Gasteiger partial charge is 0.243 e. The van der Waals surface area contributed by atoms with Crippen molar-refractivity contribution in [2.24, 2.45) is 0 Å². The molecule has 1 amide bonds. The van der Waals surface area contributed by atoms with Crippen molar-refractivity contribution in [3.05, 3.63) is 29.8 Å². The van der Waals surface area contributed by atoms with Gasteiger partial charge in [0.15, 0.2) is 0 Å². The Kier molecular flexibility index (Phi) is 4.23. The van der Waals surface area contributed by atoms with Crippen LogP contribution in [0.3, 0.4) is 0 Å². The average Bonchev–Trinajstić information content (AvgIpc) is 2.53. The molecule has 2 saturated heterocycles. The van der Waals surface area contributed by atoms with Gasteiger partial charge in [0.1, 0.15) is 0 Å². The Morgan fingerprint density at radius 2 is 1.74 bits per heavy atom. The number of sulfonamides is 1. The van der Waals surface area contributed by atoms with Gasteiger partial charge in [0.25, 0.3) is 0 Å². The first kappa shape index (κ1) is 16.5. The first-order valence-electron chi connectivity index (χ1n) is 8.19. The van der Waals surface area contributed by atoms with E-state index in [1.807, 2.05) is 26.1 Å². The van der Waals surface area contributed by atoms with Gasteiger partial charge in [0.2, 0.25) is 15.9 Å². The van der Waals surface area contributed by atoms with Gasteiger partial charge in [-0.3, -0.25) is 4.79 Å². The predicted octanol–water partition coefficient (Wildman–Crippen LogP) is 2.16. The summed E-state index contributed by atoms with van der Waals surface area (Å²) in [5.74, 6) is 0.130. The molecule has 1 aromatic rings. The first-order chi connectivity index (χ1) is 10.8. The summed E-state index contributed by atoms with van der Waals surface area (Å²) in [7, 11) is -1.68. The summed E-state index contributed by atoms with van der Waals surface area (Å²) in [6.45, 7) is 2.88. The minimum Gasteiger partial charge on any atom is -0.339 e. The van der Waals surface area contributed by atoms with Gasteiger partial charge in [0.05, 0.1) is 10.4 Å². The number of likely N-dealkylation sites (tertiary alicyclic amines) is 1. The summed E-state index contributed by atoms with van der Waals surface area (Å²) >= 11 is 0. The molecule has 3 rings (SSSR count). The molecule has 1 unspecified atom stereocenters. The highest BCUT2D eigenvalue weighted by atomic mass is 32.2. The molecule has 0 aromatic heterocycles. The third kappa shape index (κ3) is 2.90. The fourth-order valence-electron chi connectivity index (χ4n) is 3.78. The number of aryl methyl sites for hydroxylation is 1. The van der Waals surface area contributed by atoms with Crippen LogP contribution in [-0.2, 0) is 14.8 Å². The number of carbonyl (C=O) groups is 1. The van der Waals surface area contributed by atoms with Crippen LogP contribution in [0.25, 0.3) is 0 Å². The molecule has 5 nitrogen and oxygen atoms in total. The maximum Gasteiger partial charge on any atom is 0.243 e. The van der Waals surface area contributed by atoms with Crippen LogP contribution in [0.2, 0.25) is 0 Å². The molecule has 126 valence electrons. The van der Waals surface area contributed by atoms with Gasteiger partial charge < -0.3 is 4.90 Å². The van der Waals surface area contributed by atoms with Crippen LogP contribution in [0.15, 0.2) is 29.2 Å². The summed E-state index contributed by atoms with van der Waals surface area (Å²) < 4.78 is 27.4. The SMILES string of the molecule is Cc1ccc(S(=O)(=O)N2CCCC3(CCCC(=O)N3C)C2)cc1. The lowest BCUT2D eigenvalue weighted by Crippen LogP contribution is -2.61. The van der Waals surface area contributed by atoms with Crippen LogP contribution in [-0.4, -0.2) is 49.2 Å². The number of likely N-dealkylation sites (N-methyl/N-ethyl adjacent to an activating group) is 1. The lowest BCUT2D eigenvalue weighted by atomic mass is 9.81. The second kappa shape index (κ2) is 5.91. The summed E-state index contributed by atoms with van der Waals surface area (Å²) in [5.41, 5.74) is 0.711. The number of hydrogen-bond acceptors (Lipinski definition) is 3. The van der Waals surface area contributed by atoms with Crippen LogP contribution in [0.5, 0.6) is 0 Å². The van der Waals surface area contributed by atoms with Gasteiger partial charge in [-0.05, 0) is 44.7 Å². The van der Waals surface area contributed by atoms with Crippen molar-refractivity contribution >= 4 is 15.9 Å². The number of nitrogens with zero attached hydrogens (tertiary/aromatic N) is 2. The average molecular weight is 336 g/mol.